The quantitative estimate of drug-likeness (QED) is 0.385. The van der Waals surface area contributed by atoms with Gasteiger partial charge in [0.25, 0.3) is 11.4 Å². The summed E-state index contributed by atoms with van der Waals surface area (Å²) in [4.78, 5) is 48.3. The van der Waals surface area contributed by atoms with Gasteiger partial charge in [0.15, 0.2) is 11.8 Å². The average Bonchev–Trinajstić information content (AvgIpc) is 2.69. The van der Waals surface area contributed by atoms with Gasteiger partial charge in [-0.1, -0.05) is 22.6 Å². The van der Waals surface area contributed by atoms with Crippen LogP contribution in [0.5, 0.6) is 0 Å². The molecule has 138 valence electrons. The van der Waals surface area contributed by atoms with Crippen LogP contribution in [0, 0.1) is 0 Å². The summed E-state index contributed by atoms with van der Waals surface area (Å²) in [6.45, 7) is 3.45. The summed E-state index contributed by atoms with van der Waals surface area (Å²) < 4.78 is 31.5. The molecule has 9 nitrogen and oxygen atoms in total. The molecule has 0 aliphatic carbocycles. The lowest BCUT2D eigenvalue weighted by Crippen LogP contribution is -2.53. The molecule has 1 aromatic rings. The van der Waals surface area contributed by atoms with Crippen LogP contribution < -0.4 is 11.2 Å². The van der Waals surface area contributed by atoms with Gasteiger partial charge in [0.1, 0.15) is 0 Å². The number of rotatable bonds is 4. The van der Waals surface area contributed by atoms with Crippen LogP contribution in [0.2, 0.25) is 0 Å². The van der Waals surface area contributed by atoms with E-state index in [1.807, 2.05) is 4.98 Å². The Morgan fingerprint density at radius 3 is 2.52 bits per heavy atom. The highest BCUT2D eigenvalue weighted by molar-refractivity contribution is 14.1. The number of aromatic nitrogens is 2. The Morgan fingerprint density at radius 1 is 1.40 bits per heavy atom. The number of esters is 2. The van der Waals surface area contributed by atoms with Crippen LogP contribution in [0.3, 0.4) is 0 Å². The van der Waals surface area contributed by atoms with Crippen LogP contribution in [-0.4, -0.2) is 43.5 Å². The number of hydrogen-bond donors (Lipinski definition) is 1. The van der Waals surface area contributed by atoms with Crippen molar-refractivity contribution in [1.82, 2.24) is 9.55 Å². The number of nitrogens with one attached hydrogen (secondary N) is 1. The number of carbonyl (C=O) groups excluding carboxylic acids is 2. The number of aromatic amines is 1. The summed E-state index contributed by atoms with van der Waals surface area (Å²) in [6, 6.07) is 1.03. The second kappa shape index (κ2) is 6.86. The molecular weight excluding hydrogens is 454 g/mol. The maximum atomic E-state index is 15.3. The molecule has 4 atom stereocenters. The lowest BCUT2D eigenvalue weighted by atomic mass is 9.94. The molecule has 0 amide bonds. The second-order valence-corrected chi connectivity index (χ2v) is 6.44. The summed E-state index contributed by atoms with van der Waals surface area (Å²) in [5, 5.41) is 0. The Morgan fingerprint density at radius 2 is 2.04 bits per heavy atom. The summed E-state index contributed by atoms with van der Waals surface area (Å²) in [5.41, 5.74) is -3.40. The third kappa shape index (κ3) is 3.61. The zero-order chi connectivity index (χ0) is 19.0. The molecule has 1 aliphatic heterocycles. The number of alkyl halides is 2. The highest BCUT2D eigenvalue weighted by Gasteiger charge is 2.67. The molecule has 1 saturated heterocycles. The summed E-state index contributed by atoms with van der Waals surface area (Å²) in [6.07, 6.45) is -2.01. The normalized spacial score (nSPS) is 31.6. The number of ether oxygens (including phenoxy) is 3. The van der Waals surface area contributed by atoms with Crippen LogP contribution in [0.4, 0.5) is 4.39 Å². The molecular formula is C14H16FIN2O7. The topological polar surface area (TPSA) is 117 Å². The number of carbonyl (C=O) groups is 2. The average molecular weight is 470 g/mol. The standard InChI is InChI=1S/C14H16FIN2O7/c1-7(19)23-10-13(3,24-8(2)20)11(25-14(10,15)6-16)18-5-4-9(21)17-12(18)22/h4-5,10-11H,6H2,1-3H3,(H,17,21,22)/t10-,11+,13+,14-/m0/s1. The molecule has 0 saturated carbocycles. The largest absolute Gasteiger partial charge is 0.452 e. The first-order valence-electron chi connectivity index (χ1n) is 7.14. The molecule has 2 rings (SSSR count). The highest BCUT2D eigenvalue weighted by atomic mass is 127. The van der Waals surface area contributed by atoms with Crippen molar-refractivity contribution in [1.29, 1.82) is 0 Å². The van der Waals surface area contributed by atoms with Gasteiger partial charge in [-0.2, -0.15) is 0 Å². The zero-order valence-electron chi connectivity index (χ0n) is 13.6. The number of nitrogens with zero attached hydrogens (tertiary/aromatic N) is 1. The molecule has 0 unspecified atom stereocenters. The number of H-pyrrole nitrogens is 1. The third-order valence-corrected chi connectivity index (χ3v) is 4.68. The van der Waals surface area contributed by atoms with Gasteiger partial charge in [-0.15, -0.1) is 0 Å². The second-order valence-electron chi connectivity index (χ2n) is 5.67. The first-order chi connectivity index (χ1) is 11.5. The predicted molar refractivity (Wildman–Crippen MR) is 89.9 cm³/mol. The van der Waals surface area contributed by atoms with Crippen molar-refractivity contribution >= 4 is 34.5 Å². The Labute approximate surface area is 154 Å². The van der Waals surface area contributed by atoms with E-state index in [2.05, 4.69) is 0 Å². The molecule has 1 aliphatic rings. The molecule has 25 heavy (non-hydrogen) atoms. The van der Waals surface area contributed by atoms with Crippen LogP contribution in [0.15, 0.2) is 21.9 Å². The van der Waals surface area contributed by atoms with Crippen molar-refractivity contribution in [3.8, 4) is 0 Å². The molecule has 1 aromatic heterocycles. The first-order valence-corrected chi connectivity index (χ1v) is 8.67. The summed E-state index contributed by atoms with van der Waals surface area (Å²) in [7, 11) is 0. The van der Waals surface area contributed by atoms with Gasteiger partial charge in [0.05, 0.1) is 4.43 Å². The van der Waals surface area contributed by atoms with E-state index in [4.69, 9.17) is 14.2 Å². The van der Waals surface area contributed by atoms with Crippen molar-refractivity contribution < 1.29 is 28.2 Å². The molecule has 0 spiro atoms. The van der Waals surface area contributed by atoms with Gasteiger partial charge >= 0.3 is 17.6 Å². The third-order valence-electron chi connectivity index (χ3n) is 3.64. The van der Waals surface area contributed by atoms with Crippen molar-refractivity contribution in [2.45, 2.75) is 44.6 Å². The van der Waals surface area contributed by atoms with E-state index < -0.39 is 47.0 Å². The van der Waals surface area contributed by atoms with Crippen LogP contribution in [0.1, 0.15) is 27.0 Å². The fourth-order valence-electron chi connectivity index (χ4n) is 2.75. The van der Waals surface area contributed by atoms with Gasteiger partial charge in [0.2, 0.25) is 6.10 Å². The minimum absolute atomic E-state index is 0.270. The number of hydrogen-bond acceptors (Lipinski definition) is 7. The van der Waals surface area contributed by atoms with E-state index in [0.717, 1.165) is 30.7 Å². The predicted octanol–water partition coefficient (Wildman–Crippen LogP) is 0.420. The fourth-order valence-corrected chi connectivity index (χ4v) is 3.33. The van der Waals surface area contributed by atoms with Gasteiger partial charge < -0.3 is 14.2 Å². The van der Waals surface area contributed by atoms with Gasteiger partial charge in [-0.3, -0.25) is 23.9 Å². The maximum Gasteiger partial charge on any atom is 0.330 e. The minimum Gasteiger partial charge on any atom is -0.452 e. The molecule has 1 fully saturated rings. The molecule has 11 heteroatoms. The Bertz CT molecular complexity index is 809. The zero-order valence-corrected chi connectivity index (χ0v) is 15.7. The van der Waals surface area contributed by atoms with E-state index in [1.54, 1.807) is 22.6 Å². The lowest BCUT2D eigenvalue weighted by molar-refractivity contribution is -0.192. The van der Waals surface area contributed by atoms with E-state index >= 15 is 4.39 Å². The monoisotopic (exact) mass is 470 g/mol. The van der Waals surface area contributed by atoms with Crippen molar-refractivity contribution in [2.75, 3.05) is 4.43 Å². The van der Waals surface area contributed by atoms with Crippen LogP contribution in [-0.2, 0) is 23.8 Å². The molecule has 1 N–H and O–H groups in total. The molecule has 0 radical (unpaired) electrons. The van der Waals surface area contributed by atoms with E-state index in [1.165, 1.54) is 6.92 Å². The van der Waals surface area contributed by atoms with Crippen molar-refractivity contribution in [3.63, 3.8) is 0 Å². The highest BCUT2D eigenvalue weighted by Crippen LogP contribution is 2.49. The van der Waals surface area contributed by atoms with Crippen LogP contribution >= 0.6 is 22.6 Å². The van der Waals surface area contributed by atoms with Crippen molar-refractivity contribution in [2.24, 2.45) is 0 Å². The van der Waals surface area contributed by atoms with E-state index in [0.29, 0.717) is 0 Å². The fraction of sp³-hybridized carbons (Fsp3) is 0.571. The van der Waals surface area contributed by atoms with E-state index in [-0.39, 0.29) is 4.43 Å². The van der Waals surface area contributed by atoms with Gasteiger partial charge in [-0.05, 0) is 6.92 Å². The number of halogens is 2. The minimum atomic E-state index is -2.52. The molecule has 0 bridgehead atoms. The Balaban J connectivity index is 2.64. The molecule has 0 aromatic carbocycles. The van der Waals surface area contributed by atoms with E-state index in [9.17, 15) is 19.2 Å². The van der Waals surface area contributed by atoms with Crippen LogP contribution in [0.25, 0.3) is 0 Å². The lowest BCUT2D eigenvalue weighted by Gasteiger charge is -2.34. The summed E-state index contributed by atoms with van der Waals surface area (Å²) in [5.74, 6) is -4.12. The maximum absolute atomic E-state index is 15.3. The van der Waals surface area contributed by atoms with Gasteiger partial charge in [0, 0.05) is 26.1 Å². The SMILES string of the molecule is CC(=O)O[C@H]1[C@@](C)(OC(C)=O)[C@H](n2ccc(=O)[nH]c2=O)O[C@@]1(F)CI. The van der Waals surface area contributed by atoms with Gasteiger partial charge in [-0.25, -0.2) is 9.18 Å². The molecule has 2 heterocycles. The summed E-state index contributed by atoms with van der Waals surface area (Å²) >= 11 is 1.68. The Kier molecular flexibility index (Phi) is 5.37. The smallest absolute Gasteiger partial charge is 0.330 e. The first kappa shape index (κ1) is 19.6. The van der Waals surface area contributed by atoms with Crippen molar-refractivity contribution in [3.05, 3.63) is 33.1 Å². The Hall–Kier alpha value is -1.76.